The standard InChI is InChI=1S/C25H24NO2/c1-15-22-20(13-18-9-11-27-25(15)18)28-21-14-19(16-6-4-3-5-7-16)12-17-8-10-26(2)24(22)23(17)21/h8-14,16H,3-7H2,1-2H3/q+1. The zero-order valence-corrected chi connectivity index (χ0v) is 16.4. The Labute approximate surface area is 164 Å². The van der Waals surface area contributed by atoms with Crippen molar-refractivity contribution in [1.29, 1.82) is 0 Å². The molecule has 0 spiro atoms. The fourth-order valence-electron chi connectivity index (χ4n) is 5.28. The number of aryl methyl sites for hydroxylation is 2. The molecule has 0 amide bonds. The summed E-state index contributed by atoms with van der Waals surface area (Å²) in [5, 5.41) is 3.58. The Morgan fingerprint density at radius 3 is 2.68 bits per heavy atom. The molecule has 0 saturated heterocycles. The molecule has 0 atom stereocenters. The van der Waals surface area contributed by atoms with Crippen molar-refractivity contribution in [2.24, 2.45) is 7.05 Å². The van der Waals surface area contributed by atoms with Crippen molar-refractivity contribution in [2.75, 3.05) is 0 Å². The van der Waals surface area contributed by atoms with Crippen molar-refractivity contribution in [3.05, 3.63) is 53.9 Å². The highest BCUT2D eigenvalue weighted by atomic mass is 16.5. The van der Waals surface area contributed by atoms with Gasteiger partial charge in [0, 0.05) is 17.0 Å². The highest BCUT2D eigenvalue weighted by Crippen LogP contribution is 2.49. The van der Waals surface area contributed by atoms with E-state index in [1.165, 1.54) is 54.1 Å². The molecule has 3 heterocycles. The van der Waals surface area contributed by atoms with Crippen molar-refractivity contribution in [2.45, 2.75) is 44.9 Å². The maximum atomic E-state index is 6.54. The largest absolute Gasteiger partial charge is 0.464 e. The lowest BCUT2D eigenvalue weighted by molar-refractivity contribution is -0.659. The second-order valence-corrected chi connectivity index (χ2v) is 8.41. The van der Waals surface area contributed by atoms with E-state index in [2.05, 4.69) is 49.0 Å². The summed E-state index contributed by atoms with van der Waals surface area (Å²) in [6.07, 6.45) is 10.6. The molecule has 1 fully saturated rings. The van der Waals surface area contributed by atoms with Gasteiger partial charge in [0.15, 0.2) is 6.20 Å². The minimum Gasteiger partial charge on any atom is -0.464 e. The third kappa shape index (κ3) is 2.19. The van der Waals surface area contributed by atoms with Crippen molar-refractivity contribution in [1.82, 2.24) is 0 Å². The van der Waals surface area contributed by atoms with Crippen LogP contribution in [-0.4, -0.2) is 0 Å². The second kappa shape index (κ2) is 5.84. The van der Waals surface area contributed by atoms with Gasteiger partial charge in [-0.3, -0.25) is 0 Å². The molecule has 1 aliphatic carbocycles. The third-order valence-corrected chi connectivity index (χ3v) is 6.70. The topological polar surface area (TPSA) is 26.2 Å². The van der Waals surface area contributed by atoms with Crippen LogP contribution in [0.1, 0.15) is 49.1 Å². The maximum absolute atomic E-state index is 6.54. The molecule has 140 valence electrons. The highest BCUT2D eigenvalue weighted by Gasteiger charge is 2.31. The van der Waals surface area contributed by atoms with E-state index in [0.29, 0.717) is 5.92 Å². The van der Waals surface area contributed by atoms with Gasteiger partial charge >= 0.3 is 0 Å². The summed E-state index contributed by atoms with van der Waals surface area (Å²) < 4.78 is 14.5. The predicted octanol–water partition coefficient (Wildman–Crippen LogP) is 6.54. The summed E-state index contributed by atoms with van der Waals surface area (Å²) in [5.41, 5.74) is 5.89. The van der Waals surface area contributed by atoms with Crippen molar-refractivity contribution >= 4 is 21.7 Å². The summed E-state index contributed by atoms with van der Waals surface area (Å²) in [6, 6.07) is 11.1. The lowest BCUT2D eigenvalue weighted by Gasteiger charge is -2.25. The second-order valence-electron chi connectivity index (χ2n) is 8.41. The summed E-state index contributed by atoms with van der Waals surface area (Å²) in [5.74, 6) is 2.59. The number of benzene rings is 2. The summed E-state index contributed by atoms with van der Waals surface area (Å²) in [7, 11) is 2.12. The van der Waals surface area contributed by atoms with Gasteiger partial charge in [-0.25, -0.2) is 4.57 Å². The summed E-state index contributed by atoms with van der Waals surface area (Å²) in [4.78, 5) is 0. The van der Waals surface area contributed by atoms with Crippen LogP contribution in [0.4, 0.5) is 0 Å². The number of rotatable bonds is 1. The van der Waals surface area contributed by atoms with Crippen LogP contribution in [0.25, 0.3) is 33.0 Å². The third-order valence-electron chi connectivity index (χ3n) is 6.70. The van der Waals surface area contributed by atoms with Gasteiger partial charge < -0.3 is 9.15 Å². The highest BCUT2D eigenvalue weighted by molar-refractivity contribution is 6.04. The molecule has 1 aliphatic heterocycles. The van der Waals surface area contributed by atoms with Gasteiger partial charge in [-0.15, -0.1) is 0 Å². The predicted molar refractivity (Wildman–Crippen MR) is 111 cm³/mol. The van der Waals surface area contributed by atoms with Crippen LogP contribution in [-0.2, 0) is 7.05 Å². The van der Waals surface area contributed by atoms with E-state index in [0.717, 1.165) is 33.6 Å². The Morgan fingerprint density at radius 1 is 0.964 bits per heavy atom. The quantitative estimate of drug-likeness (QED) is 0.313. The van der Waals surface area contributed by atoms with E-state index in [4.69, 9.17) is 9.15 Å². The molecular weight excluding hydrogens is 346 g/mol. The molecule has 0 bridgehead atoms. The van der Waals surface area contributed by atoms with Crippen LogP contribution >= 0.6 is 0 Å². The monoisotopic (exact) mass is 370 g/mol. The van der Waals surface area contributed by atoms with Gasteiger partial charge in [-0.2, -0.15) is 0 Å². The number of ether oxygens (including phenoxy) is 1. The Hall–Kier alpha value is -2.81. The molecule has 2 aromatic heterocycles. The molecule has 0 unspecified atom stereocenters. The van der Waals surface area contributed by atoms with Crippen molar-refractivity contribution in [3.8, 4) is 22.8 Å². The SMILES string of the molecule is Cc1c2c(cc3ccoc13)Oc1cc(C3CCCCC3)cc3cc[n+](C)c-2c13. The first-order valence-corrected chi connectivity index (χ1v) is 10.4. The smallest absolute Gasteiger partial charge is 0.228 e. The van der Waals surface area contributed by atoms with Gasteiger partial charge in [0.25, 0.3) is 0 Å². The Bertz CT molecular complexity index is 1240. The number of hydrogen-bond donors (Lipinski definition) is 0. The molecule has 3 heteroatoms. The van der Waals surface area contributed by atoms with Crippen molar-refractivity contribution in [3.63, 3.8) is 0 Å². The van der Waals surface area contributed by atoms with Crippen LogP contribution < -0.4 is 9.30 Å². The van der Waals surface area contributed by atoms with Crippen LogP contribution in [0.3, 0.4) is 0 Å². The molecule has 2 aliphatic rings. The fourth-order valence-corrected chi connectivity index (χ4v) is 5.28. The molecule has 6 rings (SSSR count). The van der Waals surface area contributed by atoms with Gasteiger partial charge in [0.05, 0.1) is 17.2 Å². The fraction of sp³-hybridized carbons (Fsp3) is 0.320. The van der Waals surface area contributed by atoms with Gasteiger partial charge in [0.2, 0.25) is 5.69 Å². The van der Waals surface area contributed by atoms with E-state index in [9.17, 15) is 0 Å². The molecule has 1 saturated carbocycles. The average molecular weight is 370 g/mol. The molecule has 28 heavy (non-hydrogen) atoms. The normalized spacial score (nSPS) is 16.4. The Kier molecular flexibility index (Phi) is 3.37. The number of furan rings is 1. The zero-order chi connectivity index (χ0) is 18.8. The Morgan fingerprint density at radius 2 is 1.82 bits per heavy atom. The maximum Gasteiger partial charge on any atom is 0.228 e. The molecular formula is C25H24NO2+. The first-order chi connectivity index (χ1) is 13.7. The molecule has 0 radical (unpaired) electrons. The van der Waals surface area contributed by atoms with E-state index in [-0.39, 0.29) is 0 Å². The first-order valence-electron chi connectivity index (χ1n) is 10.4. The van der Waals surface area contributed by atoms with E-state index in [1.807, 2.05) is 6.07 Å². The van der Waals surface area contributed by atoms with Crippen LogP contribution in [0, 0.1) is 6.92 Å². The lowest BCUT2D eigenvalue weighted by atomic mass is 9.83. The summed E-state index contributed by atoms with van der Waals surface area (Å²) >= 11 is 0. The number of hydrogen-bond acceptors (Lipinski definition) is 2. The molecule has 0 N–H and O–H groups in total. The van der Waals surface area contributed by atoms with Gasteiger partial charge in [-0.05, 0) is 54.8 Å². The lowest BCUT2D eigenvalue weighted by Crippen LogP contribution is -2.31. The van der Waals surface area contributed by atoms with Gasteiger partial charge in [-0.1, -0.05) is 25.3 Å². The number of nitrogens with zero attached hydrogens (tertiary/aromatic N) is 1. The van der Waals surface area contributed by atoms with Crippen LogP contribution in [0.2, 0.25) is 0 Å². The molecule has 2 aromatic carbocycles. The van der Waals surface area contributed by atoms with Gasteiger partial charge in [0.1, 0.15) is 24.1 Å². The van der Waals surface area contributed by atoms with Crippen LogP contribution in [0.5, 0.6) is 11.5 Å². The minimum absolute atomic E-state index is 0.662. The molecule has 3 nitrogen and oxygen atoms in total. The Balaban J connectivity index is 1.65. The van der Waals surface area contributed by atoms with Crippen LogP contribution in [0.15, 0.2) is 47.2 Å². The molecule has 4 aromatic rings. The average Bonchev–Trinajstić information content (AvgIpc) is 3.19. The zero-order valence-electron chi connectivity index (χ0n) is 16.4. The number of fused-ring (bicyclic) bond motifs is 3. The first kappa shape index (κ1) is 16.2. The van der Waals surface area contributed by atoms with E-state index < -0.39 is 0 Å². The number of pyridine rings is 1. The van der Waals surface area contributed by atoms with E-state index in [1.54, 1.807) is 6.26 Å². The van der Waals surface area contributed by atoms with E-state index >= 15 is 0 Å². The van der Waals surface area contributed by atoms with Crippen molar-refractivity contribution < 1.29 is 13.7 Å². The number of aromatic nitrogens is 1. The minimum atomic E-state index is 0.662. The summed E-state index contributed by atoms with van der Waals surface area (Å²) in [6.45, 7) is 2.13.